The van der Waals surface area contributed by atoms with Crippen molar-refractivity contribution in [2.45, 2.75) is 6.92 Å². The molecule has 92 valence electrons. The molecule has 2 nitrogen and oxygen atoms in total. The third-order valence-electron chi connectivity index (χ3n) is 1.84. The molecule has 0 amide bonds. The molecule has 2 aromatic rings. The molecule has 0 unspecified atom stereocenters. The van der Waals surface area contributed by atoms with E-state index in [1.54, 1.807) is 0 Å². The molecule has 2 rings (SSSR count). The van der Waals surface area contributed by atoms with E-state index < -0.39 is 29.3 Å². The van der Waals surface area contributed by atoms with Crippen molar-refractivity contribution < 1.29 is 59.4 Å². The van der Waals surface area contributed by atoms with Crippen LogP contribution >= 0.6 is 8.25 Å². The van der Waals surface area contributed by atoms with Crippen molar-refractivity contribution in [3.05, 3.63) is 60.7 Å². The van der Waals surface area contributed by atoms with Crippen molar-refractivity contribution >= 4 is 20.4 Å². The number of hydrogen-bond donors (Lipinski definition) is 0. The summed E-state index contributed by atoms with van der Waals surface area (Å²) in [6.45, 7) is 0.972. The van der Waals surface area contributed by atoms with Gasteiger partial charge in [0.25, 0.3) is 0 Å². The maximum atomic E-state index is 8.89. The van der Waals surface area contributed by atoms with Crippen LogP contribution in [0.3, 0.4) is 0 Å². The van der Waals surface area contributed by atoms with Gasteiger partial charge in [-0.15, -0.1) is 0 Å². The molecular weight excluding hydrogens is 637 g/mol. The Kier molecular flexibility index (Phi) is 13.1. The minimum atomic E-state index is -1.08. The third kappa shape index (κ3) is 14.3. The normalized spacial score (nSPS) is 8.00. The second-order valence-electron chi connectivity index (χ2n) is 3.60. The molecule has 5 heteroatoms. The maximum absolute atomic E-state index is 8.89. The molecule has 0 heterocycles. The van der Waals surface area contributed by atoms with Gasteiger partial charge < -0.3 is 9.90 Å². The number of hydrogen-bond acceptors (Lipinski definition) is 2. The molecule has 0 spiro atoms. The molecule has 0 bridgehead atoms. The average molecular weight is 650 g/mol. The van der Waals surface area contributed by atoms with Gasteiger partial charge in [-0.3, -0.25) is 0 Å². The van der Waals surface area contributed by atoms with Crippen molar-refractivity contribution in [2.75, 3.05) is 0 Å². The Morgan fingerprint density at radius 2 is 1.42 bits per heavy atom. The van der Waals surface area contributed by atoms with E-state index in [2.05, 4.69) is 42.5 Å². The summed E-state index contributed by atoms with van der Waals surface area (Å²) in [5, 5.41) is 8.89. The summed E-state index contributed by atoms with van der Waals surface area (Å²) >= 11 is -0.256. The fraction of sp³-hybridized carbons (Fsp3) is 0.0714. The quantitative estimate of drug-likeness (QED) is 0.436. The Hall–Kier alpha value is 0.0701. The number of rotatable bonds is 1. The predicted octanol–water partition coefficient (Wildman–Crippen LogP) is 1.16. The Morgan fingerprint density at radius 1 is 1.05 bits per heavy atom. The van der Waals surface area contributed by atoms with Crippen LogP contribution in [-0.4, -0.2) is 5.97 Å². The number of benzene rings is 2. The summed E-state index contributed by atoms with van der Waals surface area (Å²) < 4.78 is 2.91. The van der Waals surface area contributed by atoms with E-state index in [1.165, 1.54) is 6.14 Å². The number of halogens is 1. The number of carboxylic acid groups (broad SMARTS) is 1. The molecule has 0 aromatic heterocycles. The van der Waals surface area contributed by atoms with Crippen molar-refractivity contribution in [1.82, 2.24) is 0 Å². The zero-order chi connectivity index (χ0) is 14.5. The first-order valence-electron chi connectivity index (χ1n) is 5.70. The number of carboxylic acids is 1. The number of carbonyl (C=O) groups is 1. The molecular formula is C14H13ClHg2O2. The van der Waals surface area contributed by atoms with E-state index >= 15 is 0 Å². The zero-order valence-corrected chi connectivity index (χ0v) is 22.6. The van der Waals surface area contributed by atoms with Crippen molar-refractivity contribution in [1.29, 1.82) is 0 Å². The Morgan fingerprint density at radius 3 is 1.63 bits per heavy atom. The summed E-state index contributed by atoms with van der Waals surface area (Å²) in [4.78, 5) is 8.89. The van der Waals surface area contributed by atoms with E-state index in [0.29, 0.717) is 0 Å². The van der Waals surface area contributed by atoms with Gasteiger partial charge in [0.1, 0.15) is 0 Å². The molecule has 0 radical (unpaired) electrons. The fourth-order valence-corrected chi connectivity index (χ4v) is 5.42. The van der Waals surface area contributed by atoms with Gasteiger partial charge in [-0.1, -0.05) is 0 Å². The Bertz CT molecular complexity index is 446. The third-order valence-corrected chi connectivity index (χ3v) is 9.41. The van der Waals surface area contributed by atoms with Gasteiger partial charge in [-0.25, -0.2) is 0 Å². The van der Waals surface area contributed by atoms with Gasteiger partial charge in [-0.05, 0) is 6.92 Å². The van der Waals surface area contributed by atoms with Crippen LogP contribution in [0.2, 0.25) is 0 Å². The minimum absolute atomic E-state index is 0.810. The van der Waals surface area contributed by atoms with Crippen molar-refractivity contribution in [3.63, 3.8) is 0 Å². The van der Waals surface area contributed by atoms with E-state index in [-0.39, 0.29) is 0 Å². The molecule has 0 aliphatic carbocycles. The summed E-state index contributed by atoms with van der Waals surface area (Å²) in [5.74, 6) is -1.08. The molecule has 0 aliphatic heterocycles. The number of carbonyl (C=O) groups excluding carboxylic acids is 1. The van der Waals surface area contributed by atoms with Crippen LogP contribution in [0.4, 0.5) is 0 Å². The van der Waals surface area contributed by atoms with E-state index in [4.69, 9.17) is 18.2 Å². The van der Waals surface area contributed by atoms with E-state index in [0.717, 1.165) is 33.0 Å². The molecule has 0 atom stereocenters. The van der Waals surface area contributed by atoms with Crippen LogP contribution < -0.4 is 11.3 Å². The van der Waals surface area contributed by atoms with Gasteiger partial charge in [0, 0.05) is 5.97 Å². The second kappa shape index (κ2) is 13.1. The number of aliphatic carboxylic acids is 1. The summed E-state index contributed by atoms with van der Waals surface area (Å²) in [7, 11) is 5.75. The molecule has 0 fully saturated rings. The Balaban J connectivity index is 0.000000272. The summed E-state index contributed by atoms with van der Waals surface area (Å²) in [6, 6.07) is 20.9. The second-order valence-corrected chi connectivity index (χ2v) is 13.3. The standard InChI is InChI=1S/2C6H5.C2H4O2.ClH.2Hg/c2*1-2-4-6-5-3-1;1-2(3)4;;;/h2*1-5H;1H3,(H,3,4);1H;;/q;;;;2*+1/p-2. The first-order chi connectivity index (χ1) is 9.06. The van der Waals surface area contributed by atoms with Crippen LogP contribution in [0, 0.1) is 0 Å². The fourth-order valence-electron chi connectivity index (χ4n) is 1.05. The predicted molar refractivity (Wildman–Crippen MR) is 68.7 cm³/mol. The van der Waals surface area contributed by atoms with Crippen LogP contribution in [0.25, 0.3) is 0 Å². The molecule has 0 saturated heterocycles. The van der Waals surface area contributed by atoms with E-state index in [9.17, 15) is 0 Å². The Labute approximate surface area is 146 Å². The molecule has 19 heavy (non-hydrogen) atoms. The topological polar surface area (TPSA) is 40.1 Å². The van der Waals surface area contributed by atoms with Gasteiger partial charge in [0.05, 0.1) is 0 Å². The first kappa shape index (κ1) is 19.1. The zero-order valence-electron chi connectivity index (χ0n) is 10.9. The summed E-state index contributed by atoms with van der Waals surface area (Å²) in [5.41, 5.74) is 0. The van der Waals surface area contributed by atoms with Gasteiger partial charge in [0.15, 0.2) is 0 Å². The van der Waals surface area contributed by atoms with Gasteiger partial charge in [-0.2, -0.15) is 0 Å². The molecule has 0 aliphatic rings. The first-order valence-corrected chi connectivity index (χ1v) is 18.0. The van der Waals surface area contributed by atoms with E-state index in [1.807, 2.05) is 18.2 Å². The molecule has 2 aromatic carbocycles. The average Bonchev–Trinajstić information content (AvgIpc) is 2.41. The van der Waals surface area contributed by atoms with Crippen molar-refractivity contribution in [3.8, 4) is 0 Å². The summed E-state index contributed by atoms with van der Waals surface area (Å²) in [6.07, 6.45) is 0. The van der Waals surface area contributed by atoms with Crippen LogP contribution in [0.1, 0.15) is 6.92 Å². The van der Waals surface area contributed by atoms with Gasteiger partial charge >= 0.3 is 125 Å². The molecule has 0 N–H and O–H groups in total. The van der Waals surface area contributed by atoms with Crippen LogP contribution in [-0.2, 0) is 54.3 Å². The molecule has 0 saturated carbocycles. The van der Waals surface area contributed by atoms with Crippen molar-refractivity contribution in [2.24, 2.45) is 0 Å². The van der Waals surface area contributed by atoms with Gasteiger partial charge in [0.2, 0.25) is 0 Å². The SMILES string of the molecule is CC(=O)[O-].[Cl][Hg][c]1ccccc1.[Hg+][c]1ccccc1. The van der Waals surface area contributed by atoms with Crippen LogP contribution in [0.15, 0.2) is 60.7 Å². The monoisotopic (exact) mass is 652 g/mol. The van der Waals surface area contributed by atoms with Crippen LogP contribution in [0.5, 0.6) is 0 Å².